The monoisotopic (exact) mass is 355 g/mol. The number of imide groups is 1. The first-order valence-electron chi connectivity index (χ1n) is 9.00. The second kappa shape index (κ2) is 6.23. The van der Waals surface area contributed by atoms with Gasteiger partial charge in [0.25, 0.3) is 0 Å². The summed E-state index contributed by atoms with van der Waals surface area (Å²) in [5, 5.41) is 2.77. The van der Waals surface area contributed by atoms with Crippen LogP contribution >= 0.6 is 0 Å². The Morgan fingerprint density at radius 2 is 1.88 bits per heavy atom. The molecule has 3 unspecified atom stereocenters. The number of fused-ring (bicyclic) bond motifs is 2. The third-order valence-corrected chi connectivity index (χ3v) is 5.40. The standard InChI is InChI=1S/C19H21N3O4/c1-10(22-18(24)13-5-3-4-6-14(13)19(22)25)17(23)21-12-7-8-15-16(9-12)26-11(2)20-15/h7-10,13-14H,3-6H2,1-2H3,(H,21,23). The van der Waals surface area contributed by atoms with Crippen LogP contribution in [0.5, 0.6) is 0 Å². The van der Waals surface area contributed by atoms with Gasteiger partial charge in [-0.3, -0.25) is 19.3 Å². The summed E-state index contributed by atoms with van der Waals surface area (Å²) < 4.78 is 5.47. The van der Waals surface area contributed by atoms with Gasteiger partial charge in [0.15, 0.2) is 11.5 Å². The fourth-order valence-corrected chi connectivity index (χ4v) is 4.05. The molecule has 3 atom stereocenters. The van der Waals surface area contributed by atoms with Crippen molar-refractivity contribution >= 4 is 34.5 Å². The number of aryl methyl sites for hydroxylation is 1. The number of carbonyl (C=O) groups excluding carboxylic acids is 3. The van der Waals surface area contributed by atoms with Crippen LogP contribution in [0.4, 0.5) is 5.69 Å². The molecule has 7 heteroatoms. The average molecular weight is 355 g/mol. The Kier molecular flexibility index (Phi) is 4.01. The fraction of sp³-hybridized carbons (Fsp3) is 0.474. The normalized spacial score (nSPS) is 24.0. The zero-order valence-electron chi connectivity index (χ0n) is 14.8. The Hall–Kier alpha value is -2.70. The fourth-order valence-electron chi connectivity index (χ4n) is 4.05. The van der Waals surface area contributed by atoms with Gasteiger partial charge in [0.1, 0.15) is 11.6 Å². The average Bonchev–Trinajstić information content (AvgIpc) is 3.11. The van der Waals surface area contributed by atoms with E-state index < -0.39 is 6.04 Å². The van der Waals surface area contributed by atoms with Crippen LogP contribution in [0.2, 0.25) is 0 Å². The summed E-state index contributed by atoms with van der Waals surface area (Å²) >= 11 is 0. The second-order valence-corrected chi connectivity index (χ2v) is 7.12. The lowest BCUT2D eigenvalue weighted by molar-refractivity contribution is -0.146. The molecule has 0 radical (unpaired) electrons. The summed E-state index contributed by atoms with van der Waals surface area (Å²) in [4.78, 5) is 43.3. The highest BCUT2D eigenvalue weighted by Crippen LogP contribution is 2.39. The third kappa shape index (κ3) is 2.67. The highest BCUT2D eigenvalue weighted by molar-refractivity contribution is 6.10. The predicted molar refractivity (Wildman–Crippen MR) is 94.1 cm³/mol. The number of likely N-dealkylation sites (tertiary alicyclic amines) is 1. The molecule has 1 aromatic carbocycles. The molecule has 2 aromatic rings. The molecule has 1 aliphatic heterocycles. The van der Waals surface area contributed by atoms with Crippen LogP contribution in [0.3, 0.4) is 0 Å². The lowest BCUT2D eigenvalue weighted by atomic mass is 9.81. The molecule has 0 bridgehead atoms. The number of amides is 3. The molecule has 2 heterocycles. The molecule has 1 saturated heterocycles. The van der Waals surface area contributed by atoms with E-state index in [1.54, 1.807) is 32.0 Å². The Balaban J connectivity index is 1.51. The number of oxazole rings is 1. The molecular formula is C19H21N3O4. The van der Waals surface area contributed by atoms with Crippen molar-refractivity contribution < 1.29 is 18.8 Å². The number of aromatic nitrogens is 1. The second-order valence-electron chi connectivity index (χ2n) is 7.12. The Morgan fingerprint density at radius 1 is 1.23 bits per heavy atom. The van der Waals surface area contributed by atoms with Crippen molar-refractivity contribution in [1.29, 1.82) is 0 Å². The van der Waals surface area contributed by atoms with Gasteiger partial charge in [-0.05, 0) is 31.9 Å². The van der Waals surface area contributed by atoms with E-state index in [4.69, 9.17) is 4.42 Å². The minimum Gasteiger partial charge on any atom is -0.441 e. The molecule has 1 saturated carbocycles. The third-order valence-electron chi connectivity index (χ3n) is 5.40. The van der Waals surface area contributed by atoms with E-state index in [2.05, 4.69) is 10.3 Å². The molecule has 2 aliphatic rings. The molecule has 136 valence electrons. The summed E-state index contributed by atoms with van der Waals surface area (Å²) in [7, 11) is 0. The number of anilines is 1. The first-order valence-corrected chi connectivity index (χ1v) is 9.00. The number of carbonyl (C=O) groups is 3. The van der Waals surface area contributed by atoms with Crippen molar-refractivity contribution in [2.75, 3.05) is 5.32 Å². The summed E-state index contributed by atoms with van der Waals surface area (Å²) in [6, 6.07) is 4.33. The number of hydrogen-bond donors (Lipinski definition) is 1. The summed E-state index contributed by atoms with van der Waals surface area (Å²) in [6.07, 6.45) is 3.40. The SMILES string of the molecule is Cc1nc2ccc(NC(=O)C(C)N3C(=O)C4CCCCC4C3=O)cc2o1. The van der Waals surface area contributed by atoms with E-state index in [1.165, 1.54) is 0 Å². The van der Waals surface area contributed by atoms with Gasteiger partial charge in [-0.2, -0.15) is 0 Å². The first kappa shape index (κ1) is 16.8. The van der Waals surface area contributed by atoms with Gasteiger partial charge >= 0.3 is 0 Å². The van der Waals surface area contributed by atoms with Gasteiger partial charge in [0, 0.05) is 18.7 Å². The highest BCUT2D eigenvalue weighted by Gasteiger charge is 2.50. The van der Waals surface area contributed by atoms with Crippen LogP contribution in [0.1, 0.15) is 38.5 Å². The number of nitrogens with one attached hydrogen (secondary N) is 1. The zero-order valence-corrected chi connectivity index (χ0v) is 14.8. The number of nitrogens with zero attached hydrogens (tertiary/aromatic N) is 2. The first-order chi connectivity index (χ1) is 12.5. The van der Waals surface area contributed by atoms with Crippen LogP contribution in [0, 0.1) is 18.8 Å². The van der Waals surface area contributed by atoms with E-state index in [9.17, 15) is 14.4 Å². The summed E-state index contributed by atoms with van der Waals surface area (Å²) in [5.41, 5.74) is 1.83. The van der Waals surface area contributed by atoms with Crippen LogP contribution in [-0.2, 0) is 14.4 Å². The number of hydrogen-bond acceptors (Lipinski definition) is 5. The summed E-state index contributed by atoms with van der Waals surface area (Å²) in [6.45, 7) is 3.35. The minimum absolute atomic E-state index is 0.205. The van der Waals surface area contributed by atoms with Gasteiger partial charge in [0.2, 0.25) is 17.7 Å². The molecule has 26 heavy (non-hydrogen) atoms. The summed E-state index contributed by atoms with van der Waals surface area (Å²) in [5.74, 6) is -0.749. The lowest BCUT2D eigenvalue weighted by Gasteiger charge is -2.22. The van der Waals surface area contributed by atoms with E-state index >= 15 is 0 Å². The molecule has 2 fully saturated rings. The van der Waals surface area contributed by atoms with Crippen LogP contribution in [-0.4, -0.2) is 33.6 Å². The highest BCUT2D eigenvalue weighted by atomic mass is 16.3. The molecule has 1 N–H and O–H groups in total. The van der Waals surface area contributed by atoms with Crippen molar-refractivity contribution in [2.45, 2.75) is 45.6 Å². The van der Waals surface area contributed by atoms with Gasteiger partial charge in [-0.1, -0.05) is 12.8 Å². The molecule has 1 aromatic heterocycles. The lowest BCUT2D eigenvalue weighted by Crippen LogP contribution is -2.46. The van der Waals surface area contributed by atoms with Crippen molar-refractivity contribution in [1.82, 2.24) is 9.88 Å². The maximum absolute atomic E-state index is 12.6. The molecule has 3 amide bonds. The Bertz CT molecular complexity index is 879. The molecule has 0 spiro atoms. The van der Waals surface area contributed by atoms with Crippen molar-refractivity contribution in [3.05, 3.63) is 24.1 Å². The quantitative estimate of drug-likeness (QED) is 0.855. The van der Waals surface area contributed by atoms with E-state index in [1.807, 2.05) is 0 Å². The molecule has 4 rings (SSSR count). The smallest absolute Gasteiger partial charge is 0.247 e. The minimum atomic E-state index is -0.840. The Morgan fingerprint density at radius 3 is 2.54 bits per heavy atom. The maximum Gasteiger partial charge on any atom is 0.247 e. The maximum atomic E-state index is 12.6. The molecule has 7 nitrogen and oxygen atoms in total. The largest absolute Gasteiger partial charge is 0.441 e. The van der Waals surface area contributed by atoms with Crippen LogP contribution in [0.25, 0.3) is 11.1 Å². The van der Waals surface area contributed by atoms with Crippen LogP contribution < -0.4 is 5.32 Å². The Labute approximate surface area is 150 Å². The van der Waals surface area contributed by atoms with Gasteiger partial charge in [-0.25, -0.2) is 4.98 Å². The van der Waals surface area contributed by atoms with E-state index in [-0.39, 0.29) is 29.6 Å². The number of benzene rings is 1. The topological polar surface area (TPSA) is 92.5 Å². The predicted octanol–water partition coefficient (Wildman–Crippen LogP) is 2.64. The van der Waals surface area contributed by atoms with Gasteiger partial charge in [-0.15, -0.1) is 0 Å². The van der Waals surface area contributed by atoms with Crippen LogP contribution in [0.15, 0.2) is 22.6 Å². The van der Waals surface area contributed by atoms with Gasteiger partial charge in [0.05, 0.1) is 11.8 Å². The molecule has 1 aliphatic carbocycles. The van der Waals surface area contributed by atoms with Crippen molar-refractivity contribution in [2.24, 2.45) is 11.8 Å². The van der Waals surface area contributed by atoms with Gasteiger partial charge < -0.3 is 9.73 Å². The van der Waals surface area contributed by atoms with E-state index in [0.29, 0.717) is 22.7 Å². The molecular weight excluding hydrogens is 334 g/mol. The number of rotatable bonds is 3. The van der Waals surface area contributed by atoms with E-state index in [0.717, 1.165) is 30.6 Å². The van der Waals surface area contributed by atoms with Crippen molar-refractivity contribution in [3.63, 3.8) is 0 Å². The zero-order chi connectivity index (χ0) is 18.4. The van der Waals surface area contributed by atoms with Crippen molar-refractivity contribution in [3.8, 4) is 0 Å².